The first kappa shape index (κ1) is 13.4. The molecule has 2 saturated carbocycles. The molecule has 0 saturated heterocycles. The first-order chi connectivity index (χ1) is 8.07. The molecule has 0 aromatic heterocycles. The van der Waals surface area contributed by atoms with E-state index in [1.807, 2.05) is 0 Å². The van der Waals surface area contributed by atoms with Crippen LogP contribution in [0.2, 0.25) is 0 Å². The maximum atomic E-state index is 6.09. The summed E-state index contributed by atoms with van der Waals surface area (Å²) in [5.74, 6) is 3.44. The highest BCUT2D eigenvalue weighted by molar-refractivity contribution is 4.98. The highest BCUT2D eigenvalue weighted by Crippen LogP contribution is 2.39. The number of rotatable bonds is 5. The van der Waals surface area contributed by atoms with Crippen molar-refractivity contribution in [1.29, 1.82) is 0 Å². The Bertz CT molecular complexity index is 249. The van der Waals surface area contributed by atoms with E-state index < -0.39 is 0 Å². The quantitative estimate of drug-likeness (QED) is 0.773. The number of hydrogen-bond acceptors (Lipinski definition) is 2. The van der Waals surface area contributed by atoms with Crippen molar-refractivity contribution in [2.45, 2.75) is 58.4 Å². The molecule has 0 bridgehead atoms. The van der Waals surface area contributed by atoms with Gasteiger partial charge in [-0.2, -0.15) is 0 Å². The number of nitrogens with one attached hydrogen (secondary N) is 1. The fourth-order valence-corrected chi connectivity index (χ4v) is 3.53. The van der Waals surface area contributed by atoms with Crippen molar-refractivity contribution < 1.29 is 0 Å². The summed E-state index contributed by atoms with van der Waals surface area (Å²) < 4.78 is 0. The van der Waals surface area contributed by atoms with Crippen LogP contribution >= 0.6 is 0 Å². The van der Waals surface area contributed by atoms with Crippen molar-refractivity contribution in [3.05, 3.63) is 0 Å². The minimum Gasteiger partial charge on any atom is -0.329 e. The second-order valence-corrected chi connectivity index (χ2v) is 6.84. The van der Waals surface area contributed by atoms with Gasteiger partial charge in [-0.15, -0.1) is 0 Å². The van der Waals surface area contributed by atoms with E-state index in [-0.39, 0.29) is 5.54 Å². The molecule has 0 heterocycles. The zero-order valence-corrected chi connectivity index (χ0v) is 11.8. The van der Waals surface area contributed by atoms with Gasteiger partial charge < -0.3 is 11.1 Å². The predicted octanol–water partition coefficient (Wildman–Crippen LogP) is 2.78. The second kappa shape index (κ2) is 5.27. The first-order valence-electron chi connectivity index (χ1n) is 7.52. The van der Waals surface area contributed by atoms with Crippen molar-refractivity contribution in [2.75, 3.05) is 13.1 Å². The average Bonchev–Trinajstić information content (AvgIpc) is 3.12. The van der Waals surface area contributed by atoms with Gasteiger partial charge in [0.1, 0.15) is 0 Å². The van der Waals surface area contributed by atoms with Crippen LogP contribution in [0, 0.1) is 23.7 Å². The van der Waals surface area contributed by atoms with Gasteiger partial charge in [0.25, 0.3) is 0 Å². The number of nitrogens with two attached hydrogens (primary N) is 1. The molecule has 0 aromatic rings. The Morgan fingerprint density at radius 1 is 1.29 bits per heavy atom. The Morgan fingerprint density at radius 3 is 2.53 bits per heavy atom. The van der Waals surface area contributed by atoms with Gasteiger partial charge in [0, 0.05) is 12.1 Å². The normalized spacial score (nSPS) is 40.2. The van der Waals surface area contributed by atoms with Gasteiger partial charge >= 0.3 is 0 Å². The first-order valence-corrected chi connectivity index (χ1v) is 7.52. The molecule has 2 aliphatic carbocycles. The summed E-state index contributed by atoms with van der Waals surface area (Å²) in [5.41, 5.74) is 6.32. The lowest BCUT2D eigenvalue weighted by atomic mass is 9.70. The van der Waals surface area contributed by atoms with Gasteiger partial charge in [-0.3, -0.25) is 0 Å². The summed E-state index contributed by atoms with van der Waals surface area (Å²) in [6, 6.07) is 0. The Kier molecular flexibility index (Phi) is 4.14. The largest absolute Gasteiger partial charge is 0.329 e. The Hall–Kier alpha value is -0.0800. The van der Waals surface area contributed by atoms with Gasteiger partial charge in [-0.25, -0.2) is 0 Å². The Labute approximate surface area is 107 Å². The topological polar surface area (TPSA) is 38.0 Å². The molecule has 2 rings (SSSR count). The van der Waals surface area contributed by atoms with Crippen molar-refractivity contribution in [2.24, 2.45) is 29.4 Å². The van der Waals surface area contributed by atoms with Gasteiger partial charge in [0.2, 0.25) is 0 Å². The van der Waals surface area contributed by atoms with E-state index in [0.29, 0.717) is 0 Å². The van der Waals surface area contributed by atoms with Crippen LogP contribution in [-0.4, -0.2) is 18.6 Å². The van der Waals surface area contributed by atoms with Gasteiger partial charge in [0.15, 0.2) is 0 Å². The fourth-order valence-electron chi connectivity index (χ4n) is 3.53. The van der Waals surface area contributed by atoms with Crippen LogP contribution in [-0.2, 0) is 0 Å². The van der Waals surface area contributed by atoms with E-state index in [1.165, 1.54) is 38.6 Å². The fraction of sp³-hybridized carbons (Fsp3) is 1.00. The molecule has 17 heavy (non-hydrogen) atoms. The molecule has 100 valence electrons. The third kappa shape index (κ3) is 3.03. The molecular weight excluding hydrogens is 208 g/mol. The van der Waals surface area contributed by atoms with Crippen LogP contribution < -0.4 is 11.1 Å². The SMILES string of the molecule is CC1CCC(CN)(NCC(C)C2CC2)C(C)C1. The summed E-state index contributed by atoms with van der Waals surface area (Å²) in [7, 11) is 0. The van der Waals surface area contributed by atoms with Crippen LogP contribution in [0.1, 0.15) is 52.9 Å². The van der Waals surface area contributed by atoms with Crippen LogP contribution in [0.4, 0.5) is 0 Å². The minimum absolute atomic E-state index is 0.232. The third-order valence-corrected chi connectivity index (χ3v) is 5.35. The molecule has 2 aliphatic rings. The maximum Gasteiger partial charge on any atom is 0.0330 e. The van der Waals surface area contributed by atoms with E-state index in [1.54, 1.807) is 0 Å². The molecule has 4 unspecified atom stereocenters. The molecule has 0 aromatic carbocycles. The van der Waals surface area contributed by atoms with Crippen LogP contribution in [0.5, 0.6) is 0 Å². The molecule has 0 aliphatic heterocycles. The number of hydrogen-bond donors (Lipinski definition) is 2. The summed E-state index contributed by atoms with van der Waals surface area (Å²) in [5, 5.41) is 3.85. The van der Waals surface area contributed by atoms with E-state index in [4.69, 9.17) is 5.73 Å². The minimum atomic E-state index is 0.232. The summed E-state index contributed by atoms with van der Waals surface area (Å²) in [4.78, 5) is 0. The molecule has 3 N–H and O–H groups in total. The monoisotopic (exact) mass is 238 g/mol. The van der Waals surface area contributed by atoms with E-state index >= 15 is 0 Å². The molecule has 2 nitrogen and oxygen atoms in total. The van der Waals surface area contributed by atoms with Crippen LogP contribution in [0.15, 0.2) is 0 Å². The maximum absolute atomic E-state index is 6.09. The van der Waals surface area contributed by atoms with Crippen molar-refractivity contribution >= 4 is 0 Å². The zero-order valence-electron chi connectivity index (χ0n) is 11.8. The molecule has 0 spiro atoms. The third-order valence-electron chi connectivity index (χ3n) is 5.35. The van der Waals surface area contributed by atoms with Crippen LogP contribution in [0.3, 0.4) is 0 Å². The van der Waals surface area contributed by atoms with E-state index in [9.17, 15) is 0 Å². The van der Waals surface area contributed by atoms with Gasteiger partial charge in [-0.05, 0) is 62.3 Å². The molecule has 4 atom stereocenters. The van der Waals surface area contributed by atoms with E-state index in [2.05, 4.69) is 26.1 Å². The average molecular weight is 238 g/mol. The Balaban J connectivity index is 1.88. The molecule has 0 amide bonds. The summed E-state index contributed by atoms with van der Waals surface area (Å²) in [6.07, 6.45) is 6.84. The van der Waals surface area contributed by atoms with Crippen molar-refractivity contribution in [3.63, 3.8) is 0 Å². The lowest BCUT2D eigenvalue weighted by Gasteiger charge is -2.45. The smallest absolute Gasteiger partial charge is 0.0330 e. The lowest BCUT2D eigenvalue weighted by molar-refractivity contribution is 0.123. The predicted molar refractivity (Wildman–Crippen MR) is 73.9 cm³/mol. The zero-order chi connectivity index (χ0) is 12.5. The summed E-state index contributed by atoms with van der Waals surface area (Å²) >= 11 is 0. The molecule has 2 fully saturated rings. The molecule has 2 heteroatoms. The molecule has 0 radical (unpaired) electrons. The lowest BCUT2D eigenvalue weighted by Crippen LogP contribution is -2.59. The Morgan fingerprint density at radius 2 is 2.00 bits per heavy atom. The summed E-state index contributed by atoms with van der Waals surface area (Å²) in [6.45, 7) is 9.13. The molecular formula is C15H30N2. The van der Waals surface area contributed by atoms with Crippen molar-refractivity contribution in [3.8, 4) is 0 Å². The van der Waals surface area contributed by atoms with Crippen molar-refractivity contribution in [1.82, 2.24) is 5.32 Å². The van der Waals surface area contributed by atoms with E-state index in [0.717, 1.165) is 30.2 Å². The highest BCUT2D eigenvalue weighted by Gasteiger charge is 2.39. The standard InChI is InChI=1S/C15H30N2/c1-11-6-7-15(10-16,13(3)8-11)17-9-12(2)14-4-5-14/h11-14,17H,4-10,16H2,1-3H3. The highest BCUT2D eigenvalue weighted by atomic mass is 15.0. The second-order valence-electron chi connectivity index (χ2n) is 6.84. The van der Waals surface area contributed by atoms with Gasteiger partial charge in [0.05, 0.1) is 0 Å². The van der Waals surface area contributed by atoms with Crippen LogP contribution in [0.25, 0.3) is 0 Å². The van der Waals surface area contributed by atoms with Gasteiger partial charge in [-0.1, -0.05) is 20.8 Å².